The Bertz CT molecular complexity index is 434. The van der Waals surface area contributed by atoms with Crippen LogP contribution in [-0.2, 0) is 0 Å². The lowest BCUT2D eigenvalue weighted by Gasteiger charge is -2.31. The summed E-state index contributed by atoms with van der Waals surface area (Å²) in [6.07, 6.45) is 1.94. The van der Waals surface area contributed by atoms with Gasteiger partial charge in [0.1, 0.15) is 5.75 Å². The number of hydrogen-bond acceptors (Lipinski definition) is 2. The maximum atomic E-state index is 12.3. The number of hydrogen-bond donors (Lipinski definition) is 1. The van der Waals surface area contributed by atoms with Crippen molar-refractivity contribution in [1.82, 2.24) is 4.90 Å². The number of carbonyl (C=O) groups excluding carboxylic acids is 1. The molecule has 1 N–H and O–H groups in total. The summed E-state index contributed by atoms with van der Waals surface area (Å²) >= 11 is 0. The molecule has 1 heterocycles. The highest BCUT2D eigenvalue weighted by atomic mass is 16.5. The smallest absolute Gasteiger partial charge is 0.254 e. The number of amides is 1. The van der Waals surface area contributed by atoms with E-state index >= 15 is 0 Å². The minimum absolute atomic E-state index is 0.111. The molecule has 0 bridgehead atoms. The summed E-state index contributed by atoms with van der Waals surface area (Å²) in [6.45, 7) is 8.35. The first-order valence-electron chi connectivity index (χ1n) is 6.62. The molecule has 1 aliphatic heterocycles. The number of methoxy groups -OCH3 is 1. The van der Waals surface area contributed by atoms with Crippen LogP contribution in [0.25, 0.3) is 0 Å². The topological polar surface area (TPSA) is 34.0 Å². The van der Waals surface area contributed by atoms with Crippen LogP contribution in [-0.4, -0.2) is 50.6 Å². The average Bonchev–Trinajstić information content (AvgIpc) is 2.48. The van der Waals surface area contributed by atoms with Gasteiger partial charge in [-0.05, 0) is 30.3 Å². The van der Waals surface area contributed by atoms with Crippen molar-refractivity contribution in [3.8, 4) is 5.75 Å². The third kappa shape index (κ3) is 3.35. The summed E-state index contributed by atoms with van der Waals surface area (Å²) < 4.78 is 5.10. The standard InChI is InChI=1S/C15H20N2O2/c1-3-8-16-9-11-17(12-10-16)15(18)13-4-6-14(19-2)7-5-13/h3-7H,1,8-12H2,2H3/p+1. The number of piperazine rings is 1. The zero-order chi connectivity index (χ0) is 13.7. The fourth-order valence-corrected chi connectivity index (χ4v) is 2.35. The Morgan fingerprint density at radius 3 is 2.53 bits per heavy atom. The summed E-state index contributed by atoms with van der Waals surface area (Å²) in [5.74, 6) is 0.886. The van der Waals surface area contributed by atoms with Crippen molar-refractivity contribution in [2.45, 2.75) is 0 Å². The van der Waals surface area contributed by atoms with E-state index in [0.29, 0.717) is 0 Å². The highest BCUT2D eigenvalue weighted by Gasteiger charge is 2.23. The lowest BCUT2D eigenvalue weighted by molar-refractivity contribution is -0.898. The number of carbonyl (C=O) groups is 1. The van der Waals surface area contributed by atoms with E-state index in [1.54, 1.807) is 7.11 Å². The van der Waals surface area contributed by atoms with Crippen LogP contribution in [0.15, 0.2) is 36.9 Å². The molecular weight excluding hydrogens is 240 g/mol. The van der Waals surface area contributed by atoms with Gasteiger partial charge in [-0.3, -0.25) is 4.79 Å². The molecule has 2 rings (SSSR count). The predicted molar refractivity (Wildman–Crippen MR) is 74.7 cm³/mol. The monoisotopic (exact) mass is 261 g/mol. The first kappa shape index (κ1) is 13.6. The van der Waals surface area contributed by atoms with Crippen molar-refractivity contribution in [2.75, 3.05) is 39.8 Å². The minimum Gasteiger partial charge on any atom is -0.497 e. The van der Waals surface area contributed by atoms with Gasteiger partial charge in [0.15, 0.2) is 0 Å². The molecule has 4 heteroatoms. The Labute approximate surface area is 114 Å². The van der Waals surface area contributed by atoms with Crippen LogP contribution >= 0.6 is 0 Å². The number of benzene rings is 1. The molecule has 0 atom stereocenters. The lowest BCUT2D eigenvalue weighted by atomic mass is 10.1. The van der Waals surface area contributed by atoms with Crippen molar-refractivity contribution in [1.29, 1.82) is 0 Å². The average molecular weight is 261 g/mol. The number of nitrogens with one attached hydrogen (secondary N) is 1. The SMILES string of the molecule is C=CC[NH+]1CCN(C(=O)c2ccc(OC)cc2)CC1. The summed E-state index contributed by atoms with van der Waals surface area (Å²) in [7, 11) is 1.62. The third-order valence-electron chi connectivity index (χ3n) is 3.53. The Morgan fingerprint density at radius 1 is 1.37 bits per heavy atom. The second-order valence-corrected chi connectivity index (χ2v) is 4.76. The zero-order valence-corrected chi connectivity index (χ0v) is 11.4. The van der Waals surface area contributed by atoms with Crippen LogP contribution in [0.2, 0.25) is 0 Å². The maximum absolute atomic E-state index is 12.3. The van der Waals surface area contributed by atoms with Gasteiger partial charge in [-0.1, -0.05) is 6.58 Å². The second-order valence-electron chi connectivity index (χ2n) is 4.76. The van der Waals surface area contributed by atoms with Gasteiger partial charge < -0.3 is 14.5 Å². The maximum Gasteiger partial charge on any atom is 0.254 e. The Hall–Kier alpha value is -1.81. The van der Waals surface area contributed by atoms with E-state index in [0.717, 1.165) is 44.0 Å². The van der Waals surface area contributed by atoms with E-state index in [-0.39, 0.29) is 5.91 Å². The van der Waals surface area contributed by atoms with Crippen LogP contribution in [0.4, 0.5) is 0 Å². The van der Waals surface area contributed by atoms with Crippen molar-refractivity contribution >= 4 is 5.91 Å². The second kappa shape index (κ2) is 6.38. The van der Waals surface area contributed by atoms with Crippen LogP contribution in [0.1, 0.15) is 10.4 Å². The van der Waals surface area contributed by atoms with Crippen molar-refractivity contribution < 1.29 is 14.4 Å². The van der Waals surface area contributed by atoms with E-state index < -0.39 is 0 Å². The Balaban J connectivity index is 1.94. The van der Waals surface area contributed by atoms with Crippen LogP contribution in [0.5, 0.6) is 5.75 Å². The number of quaternary nitrogens is 1. The van der Waals surface area contributed by atoms with Crippen LogP contribution < -0.4 is 9.64 Å². The third-order valence-corrected chi connectivity index (χ3v) is 3.53. The molecule has 1 aliphatic rings. The molecule has 102 valence electrons. The van der Waals surface area contributed by atoms with Crippen LogP contribution in [0, 0.1) is 0 Å². The summed E-state index contributed by atoms with van der Waals surface area (Å²) in [5.41, 5.74) is 0.730. The van der Waals surface area contributed by atoms with E-state index in [9.17, 15) is 4.79 Å². The van der Waals surface area contributed by atoms with E-state index in [1.807, 2.05) is 35.2 Å². The van der Waals surface area contributed by atoms with Gasteiger partial charge in [0, 0.05) is 5.56 Å². The first-order valence-corrected chi connectivity index (χ1v) is 6.62. The normalized spacial score (nSPS) is 16.2. The molecule has 1 aromatic rings. The van der Waals surface area contributed by atoms with Crippen molar-refractivity contribution in [2.24, 2.45) is 0 Å². The van der Waals surface area contributed by atoms with Gasteiger partial charge >= 0.3 is 0 Å². The number of ether oxygens (including phenoxy) is 1. The number of nitrogens with zero attached hydrogens (tertiary/aromatic N) is 1. The summed E-state index contributed by atoms with van der Waals surface area (Å²) in [5, 5.41) is 0. The van der Waals surface area contributed by atoms with Gasteiger partial charge in [0.25, 0.3) is 5.91 Å². The molecule has 0 aliphatic carbocycles. The minimum atomic E-state index is 0.111. The molecular formula is C15H21N2O2+. The van der Waals surface area contributed by atoms with Gasteiger partial charge in [-0.15, -0.1) is 0 Å². The molecule has 1 fully saturated rings. The van der Waals surface area contributed by atoms with Gasteiger partial charge in [0.05, 0.1) is 39.8 Å². The van der Waals surface area contributed by atoms with Gasteiger partial charge in [-0.25, -0.2) is 0 Å². The van der Waals surface area contributed by atoms with Crippen molar-refractivity contribution in [3.63, 3.8) is 0 Å². The fraction of sp³-hybridized carbons (Fsp3) is 0.400. The lowest BCUT2D eigenvalue weighted by Crippen LogP contribution is -3.14. The molecule has 4 nitrogen and oxygen atoms in total. The first-order chi connectivity index (χ1) is 9.24. The van der Waals surface area contributed by atoms with E-state index in [1.165, 1.54) is 4.90 Å². The molecule has 0 unspecified atom stereocenters. The Morgan fingerprint density at radius 2 is 2.00 bits per heavy atom. The molecule has 0 spiro atoms. The predicted octanol–water partition coefficient (Wildman–Crippen LogP) is 0.222. The number of rotatable bonds is 4. The van der Waals surface area contributed by atoms with Crippen LogP contribution in [0.3, 0.4) is 0 Å². The molecule has 1 aromatic carbocycles. The largest absolute Gasteiger partial charge is 0.497 e. The van der Waals surface area contributed by atoms with Gasteiger partial charge in [0.2, 0.25) is 0 Å². The fourth-order valence-electron chi connectivity index (χ4n) is 2.35. The molecule has 0 saturated carbocycles. The molecule has 0 aromatic heterocycles. The highest BCUT2D eigenvalue weighted by Crippen LogP contribution is 2.13. The molecule has 1 saturated heterocycles. The molecule has 0 radical (unpaired) electrons. The highest BCUT2D eigenvalue weighted by molar-refractivity contribution is 5.94. The van der Waals surface area contributed by atoms with E-state index in [4.69, 9.17) is 4.74 Å². The Kier molecular flexibility index (Phi) is 4.58. The molecule has 19 heavy (non-hydrogen) atoms. The van der Waals surface area contributed by atoms with Gasteiger partial charge in [-0.2, -0.15) is 0 Å². The van der Waals surface area contributed by atoms with E-state index in [2.05, 4.69) is 6.58 Å². The quantitative estimate of drug-likeness (QED) is 0.787. The summed E-state index contributed by atoms with van der Waals surface area (Å²) in [4.78, 5) is 15.7. The summed E-state index contributed by atoms with van der Waals surface area (Å²) in [6, 6.07) is 7.30. The van der Waals surface area contributed by atoms with Crippen molar-refractivity contribution in [3.05, 3.63) is 42.5 Å². The molecule has 1 amide bonds. The zero-order valence-electron chi connectivity index (χ0n) is 11.4.